The Morgan fingerprint density at radius 3 is 2.80 bits per heavy atom. The monoisotopic (exact) mass is 274 g/mol. The van der Waals surface area contributed by atoms with Crippen molar-refractivity contribution in [3.05, 3.63) is 35.4 Å². The molecule has 2 amide bonds. The predicted molar refractivity (Wildman–Crippen MR) is 78.2 cm³/mol. The number of benzene rings is 1. The lowest BCUT2D eigenvalue weighted by Gasteiger charge is -2.20. The van der Waals surface area contributed by atoms with Gasteiger partial charge < -0.3 is 10.6 Å². The Bertz CT molecular complexity index is 499. The zero-order chi connectivity index (χ0) is 14.5. The summed E-state index contributed by atoms with van der Waals surface area (Å²) in [6.07, 6.45) is 3.46. The molecule has 0 spiro atoms. The summed E-state index contributed by atoms with van der Waals surface area (Å²) in [4.78, 5) is 23.5. The van der Waals surface area contributed by atoms with E-state index in [0.717, 1.165) is 19.3 Å². The van der Waals surface area contributed by atoms with Gasteiger partial charge in [0.05, 0.1) is 6.04 Å². The van der Waals surface area contributed by atoms with Gasteiger partial charge in [-0.15, -0.1) is 0 Å². The minimum Gasteiger partial charge on any atom is -0.347 e. The number of aryl methyl sites for hydroxylation is 1. The maximum atomic E-state index is 12.3. The van der Waals surface area contributed by atoms with E-state index in [9.17, 15) is 9.59 Å². The Labute approximate surface area is 119 Å². The third-order valence-corrected chi connectivity index (χ3v) is 3.72. The van der Waals surface area contributed by atoms with Crippen LogP contribution in [0.25, 0.3) is 0 Å². The quantitative estimate of drug-likeness (QED) is 0.864. The van der Waals surface area contributed by atoms with Gasteiger partial charge >= 0.3 is 0 Å². The van der Waals surface area contributed by atoms with Crippen molar-refractivity contribution in [2.45, 2.75) is 51.6 Å². The van der Waals surface area contributed by atoms with Crippen LogP contribution in [0.1, 0.15) is 50.3 Å². The molecule has 2 rings (SSSR count). The second-order valence-electron chi connectivity index (χ2n) is 5.34. The first-order valence-electron chi connectivity index (χ1n) is 7.27. The van der Waals surface area contributed by atoms with Crippen LogP contribution in [0, 0.1) is 0 Å². The van der Waals surface area contributed by atoms with Gasteiger partial charge in [-0.3, -0.25) is 9.59 Å². The fourth-order valence-corrected chi connectivity index (χ4v) is 2.78. The number of carbonyl (C=O) groups is 2. The average molecular weight is 274 g/mol. The van der Waals surface area contributed by atoms with Crippen LogP contribution < -0.4 is 10.6 Å². The molecule has 0 aliphatic heterocycles. The van der Waals surface area contributed by atoms with E-state index in [-0.39, 0.29) is 17.9 Å². The maximum absolute atomic E-state index is 12.3. The number of carbonyl (C=O) groups excluding carboxylic acids is 2. The van der Waals surface area contributed by atoms with E-state index in [1.807, 2.05) is 19.1 Å². The van der Waals surface area contributed by atoms with Crippen LogP contribution in [0.5, 0.6) is 0 Å². The van der Waals surface area contributed by atoms with Gasteiger partial charge in [0.25, 0.3) is 0 Å². The van der Waals surface area contributed by atoms with Crippen molar-refractivity contribution < 1.29 is 9.59 Å². The van der Waals surface area contributed by atoms with E-state index in [1.54, 1.807) is 0 Å². The van der Waals surface area contributed by atoms with Gasteiger partial charge in [0.1, 0.15) is 6.04 Å². The Hall–Kier alpha value is -1.84. The van der Waals surface area contributed by atoms with Gasteiger partial charge in [0, 0.05) is 6.92 Å². The molecule has 0 saturated heterocycles. The largest absolute Gasteiger partial charge is 0.347 e. The van der Waals surface area contributed by atoms with E-state index in [0.29, 0.717) is 6.42 Å². The molecule has 0 heterocycles. The second-order valence-corrected chi connectivity index (χ2v) is 5.34. The molecular weight excluding hydrogens is 252 g/mol. The van der Waals surface area contributed by atoms with Gasteiger partial charge in [-0.2, -0.15) is 0 Å². The number of hydrogen-bond donors (Lipinski definition) is 2. The first kappa shape index (κ1) is 14.6. The van der Waals surface area contributed by atoms with Crippen molar-refractivity contribution in [1.82, 2.24) is 10.6 Å². The summed E-state index contributed by atoms with van der Waals surface area (Å²) in [5.74, 6) is -0.242. The first-order chi connectivity index (χ1) is 9.61. The van der Waals surface area contributed by atoms with Crippen molar-refractivity contribution in [1.29, 1.82) is 0 Å². The second kappa shape index (κ2) is 6.55. The first-order valence-corrected chi connectivity index (χ1v) is 7.27. The Balaban J connectivity index is 2.02. The highest BCUT2D eigenvalue weighted by Crippen LogP contribution is 2.30. The van der Waals surface area contributed by atoms with Crippen LogP contribution in [0.4, 0.5) is 0 Å². The number of nitrogens with one attached hydrogen (secondary N) is 2. The molecule has 1 aromatic rings. The summed E-state index contributed by atoms with van der Waals surface area (Å²) >= 11 is 0. The smallest absolute Gasteiger partial charge is 0.243 e. The van der Waals surface area contributed by atoms with Crippen molar-refractivity contribution in [3.63, 3.8) is 0 Å². The zero-order valence-electron chi connectivity index (χ0n) is 12.1. The lowest BCUT2D eigenvalue weighted by molar-refractivity contribution is -0.128. The molecular formula is C16H22N2O2. The summed E-state index contributed by atoms with van der Waals surface area (Å²) in [5, 5.41) is 5.80. The fourth-order valence-electron chi connectivity index (χ4n) is 2.78. The lowest BCUT2D eigenvalue weighted by Crippen LogP contribution is -2.46. The van der Waals surface area contributed by atoms with E-state index < -0.39 is 6.04 Å². The van der Waals surface area contributed by atoms with Gasteiger partial charge in [0.2, 0.25) is 11.8 Å². The zero-order valence-corrected chi connectivity index (χ0v) is 12.1. The van der Waals surface area contributed by atoms with Crippen LogP contribution in [-0.2, 0) is 16.0 Å². The molecule has 0 saturated carbocycles. The molecule has 1 aliphatic rings. The summed E-state index contributed by atoms with van der Waals surface area (Å²) in [6, 6.07) is 7.86. The molecule has 1 aliphatic carbocycles. The molecule has 0 fully saturated rings. The topological polar surface area (TPSA) is 58.2 Å². The molecule has 2 atom stereocenters. The van der Waals surface area contributed by atoms with E-state index in [2.05, 4.69) is 22.8 Å². The third kappa shape index (κ3) is 3.38. The summed E-state index contributed by atoms with van der Waals surface area (Å²) < 4.78 is 0. The fraction of sp³-hybridized carbons (Fsp3) is 0.500. The van der Waals surface area contributed by atoms with Crippen LogP contribution in [-0.4, -0.2) is 17.9 Å². The summed E-state index contributed by atoms with van der Waals surface area (Å²) in [6.45, 7) is 3.45. The van der Waals surface area contributed by atoms with Crippen molar-refractivity contribution in [2.75, 3.05) is 0 Å². The molecule has 4 heteroatoms. The van der Waals surface area contributed by atoms with E-state index >= 15 is 0 Å². The lowest BCUT2D eigenvalue weighted by atomic mass is 10.1. The van der Waals surface area contributed by atoms with E-state index in [4.69, 9.17) is 0 Å². The van der Waals surface area contributed by atoms with Crippen molar-refractivity contribution >= 4 is 11.8 Å². The number of amides is 2. The Morgan fingerprint density at radius 2 is 2.10 bits per heavy atom. The van der Waals surface area contributed by atoms with Crippen LogP contribution in [0.15, 0.2) is 24.3 Å². The molecule has 4 nitrogen and oxygen atoms in total. The molecule has 20 heavy (non-hydrogen) atoms. The van der Waals surface area contributed by atoms with E-state index in [1.165, 1.54) is 18.1 Å². The highest BCUT2D eigenvalue weighted by Gasteiger charge is 2.26. The van der Waals surface area contributed by atoms with Crippen molar-refractivity contribution in [3.8, 4) is 0 Å². The number of hydrogen-bond acceptors (Lipinski definition) is 2. The normalized spacial score (nSPS) is 18.2. The minimum atomic E-state index is -0.426. The molecule has 0 bridgehead atoms. The molecule has 0 unspecified atom stereocenters. The third-order valence-electron chi connectivity index (χ3n) is 3.72. The summed E-state index contributed by atoms with van der Waals surface area (Å²) in [7, 11) is 0. The molecule has 108 valence electrons. The summed E-state index contributed by atoms with van der Waals surface area (Å²) in [5.41, 5.74) is 2.52. The highest BCUT2D eigenvalue weighted by atomic mass is 16.2. The predicted octanol–water partition coefficient (Wildman–Crippen LogP) is 2.09. The van der Waals surface area contributed by atoms with Gasteiger partial charge in [0.15, 0.2) is 0 Å². The molecule has 0 aromatic heterocycles. The molecule has 1 aromatic carbocycles. The average Bonchev–Trinajstić information content (AvgIpc) is 2.81. The minimum absolute atomic E-state index is 0.0758. The van der Waals surface area contributed by atoms with Crippen LogP contribution in [0.2, 0.25) is 0 Å². The van der Waals surface area contributed by atoms with Gasteiger partial charge in [-0.25, -0.2) is 0 Å². The molecule has 0 radical (unpaired) electrons. The SMILES string of the molecule is CCC[C@@H](NC(C)=O)C(=O)N[C@H]1CCc2ccccc21. The van der Waals surface area contributed by atoms with Crippen LogP contribution >= 0.6 is 0 Å². The number of fused-ring (bicyclic) bond motifs is 1. The standard InChI is InChI=1S/C16H22N2O2/c1-3-6-15(17-11(2)19)16(20)18-14-10-9-12-7-4-5-8-13(12)14/h4-5,7-8,14-15H,3,6,9-10H2,1-2H3,(H,17,19)(H,18,20)/t14-,15+/m0/s1. The number of rotatable bonds is 5. The Kier molecular flexibility index (Phi) is 4.77. The Morgan fingerprint density at radius 1 is 1.35 bits per heavy atom. The maximum Gasteiger partial charge on any atom is 0.243 e. The van der Waals surface area contributed by atoms with Gasteiger partial charge in [-0.05, 0) is 30.4 Å². The van der Waals surface area contributed by atoms with Crippen LogP contribution in [0.3, 0.4) is 0 Å². The van der Waals surface area contributed by atoms with Crippen molar-refractivity contribution in [2.24, 2.45) is 0 Å². The van der Waals surface area contributed by atoms with Gasteiger partial charge in [-0.1, -0.05) is 37.6 Å². The molecule has 2 N–H and O–H groups in total. The highest BCUT2D eigenvalue weighted by molar-refractivity contribution is 5.87.